The van der Waals surface area contributed by atoms with Crippen LogP contribution in [0.5, 0.6) is 0 Å². The number of piperazine rings is 1. The molecule has 1 aliphatic heterocycles. The quantitative estimate of drug-likeness (QED) is 0.926. The van der Waals surface area contributed by atoms with Gasteiger partial charge in [0.25, 0.3) is 5.91 Å². The van der Waals surface area contributed by atoms with E-state index in [4.69, 9.17) is 0 Å². The van der Waals surface area contributed by atoms with E-state index in [1.807, 2.05) is 11.8 Å². The first-order valence-corrected chi connectivity index (χ1v) is 7.64. The molecule has 4 nitrogen and oxygen atoms in total. The van der Waals surface area contributed by atoms with Crippen molar-refractivity contribution in [3.63, 3.8) is 0 Å². The molecule has 1 amide bonds. The molecule has 1 aromatic carbocycles. The highest BCUT2D eigenvalue weighted by molar-refractivity contribution is 5.99. The fourth-order valence-electron chi connectivity index (χ4n) is 2.88. The maximum absolute atomic E-state index is 13.9. The van der Waals surface area contributed by atoms with E-state index in [0.29, 0.717) is 36.9 Å². The molecule has 5 heteroatoms. The van der Waals surface area contributed by atoms with Crippen LogP contribution in [0.15, 0.2) is 18.2 Å². The molecule has 116 valence electrons. The minimum Gasteiger partial charge on any atom is -0.382 e. The molecule has 0 bridgehead atoms. The number of hydrogen-bond acceptors (Lipinski definition) is 3. The van der Waals surface area contributed by atoms with Crippen molar-refractivity contribution in [3.8, 4) is 0 Å². The predicted octanol–water partition coefficient (Wildman–Crippen LogP) is 2.42. The number of nitrogens with zero attached hydrogens (tertiary/aromatic N) is 2. The van der Waals surface area contributed by atoms with Crippen LogP contribution in [0.3, 0.4) is 0 Å². The number of carbonyl (C=O) groups excluding carboxylic acids is 1. The highest BCUT2D eigenvalue weighted by atomic mass is 19.1. The Morgan fingerprint density at radius 1 is 1.38 bits per heavy atom. The molecular formula is C16H24FN3O. The Hall–Kier alpha value is -1.62. The molecule has 2 rings (SSSR count). The summed E-state index contributed by atoms with van der Waals surface area (Å²) in [6.45, 7) is 9.97. The van der Waals surface area contributed by atoms with Gasteiger partial charge in [-0.2, -0.15) is 0 Å². The fraction of sp³-hybridized carbons (Fsp3) is 0.562. The summed E-state index contributed by atoms with van der Waals surface area (Å²) >= 11 is 0. The van der Waals surface area contributed by atoms with Crippen LogP contribution < -0.4 is 5.32 Å². The molecule has 1 aromatic rings. The van der Waals surface area contributed by atoms with Crippen LogP contribution in [-0.2, 0) is 0 Å². The van der Waals surface area contributed by atoms with Crippen molar-refractivity contribution in [2.24, 2.45) is 0 Å². The van der Waals surface area contributed by atoms with Gasteiger partial charge in [-0.3, -0.25) is 9.69 Å². The number of halogens is 1. The lowest BCUT2D eigenvalue weighted by atomic mass is 10.1. The third kappa shape index (κ3) is 3.35. The molecule has 1 atom stereocenters. The minimum atomic E-state index is -0.372. The topological polar surface area (TPSA) is 35.6 Å². The molecule has 1 saturated heterocycles. The SMILES string of the molecule is CCNc1c(F)cccc1C(=O)N1CCN(CC)C(C)C1. The van der Waals surface area contributed by atoms with Gasteiger partial charge in [0.15, 0.2) is 0 Å². The Kier molecular flexibility index (Phi) is 5.17. The van der Waals surface area contributed by atoms with E-state index in [1.165, 1.54) is 6.07 Å². The zero-order valence-corrected chi connectivity index (χ0v) is 13.0. The molecule has 0 radical (unpaired) electrons. The summed E-state index contributed by atoms with van der Waals surface area (Å²) in [4.78, 5) is 16.9. The Labute approximate surface area is 125 Å². The lowest BCUT2D eigenvalue weighted by Gasteiger charge is -2.39. The summed E-state index contributed by atoms with van der Waals surface area (Å²) in [7, 11) is 0. The summed E-state index contributed by atoms with van der Waals surface area (Å²) in [6, 6.07) is 5.01. The van der Waals surface area contributed by atoms with Crippen LogP contribution in [0.2, 0.25) is 0 Å². The number of para-hydroxylation sites is 1. The zero-order chi connectivity index (χ0) is 15.4. The van der Waals surface area contributed by atoms with E-state index in [1.54, 1.807) is 12.1 Å². The second kappa shape index (κ2) is 6.89. The van der Waals surface area contributed by atoms with E-state index in [9.17, 15) is 9.18 Å². The molecular weight excluding hydrogens is 269 g/mol. The van der Waals surface area contributed by atoms with E-state index >= 15 is 0 Å². The van der Waals surface area contributed by atoms with Crippen molar-refractivity contribution in [2.45, 2.75) is 26.8 Å². The third-order valence-corrected chi connectivity index (χ3v) is 4.06. The highest BCUT2D eigenvalue weighted by Crippen LogP contribution is 2.22. The van der Waals surface area contributed by atoms with Crippen molar-refractivity contribution < 1.29 is 9.18 Å². The second-order valence-corrected chi connectivity index (χ2v) is 5.42. The van der Waals surface area contributed by atoms with E-state index in [2.05, 4.69) is 24.1 Å². The van der Waals surface area contributed by atoms with Crippen LogP contribution in [0.4, 0.5) is 10.1 Å². The van der Waals surface area contributed by atoms with Crippen molar-refractivity contribution in [1.82, 2.24) is 9.80 Å². The van der Waals surface area contributed by atoms with Gasteiger partial charge in [-0.15, -0.1) is 0 Å². The van der Waals surface area contributed by atoms with Gasteiger partial charge >= 0.3 is 0 Å². The lowest BCUT2D eigenvalue weighted by molar-refractivity contribution is 0.0529. The number of anilines is 1. The van der Waals surface area contributed by atoms with Crippen LogP contribution in [0.25, 0.3) is 0 Å². The normalized spacial score (nSPS) is 19.6. The van der Waals surface area contributed by atoms with Gasteiger partial charge in [0.05, 0.1) is 11.3 Å². The predicted molar refractivity (Wildman–Crippen MR) is 83.2 cm³/mol. The Bertz CT molecular complexity index is 506. The summed E-state index contributed by atoms with van der Waals surface area (Å²) in [5.74, 6) is -0.462. The highest BCUT2D eigenvalue weighted by Gasteiger charge is 2.28. The number of carbonyl (C=O) groups is 1. The molecule has 0 saturated carbocycles. The van der Waals surface area contributed by atoms with Gasteiger partial charge in [0, 0.05) is 32.2 Å². The van der Waals surface area contributed by atoms with Gasteiger partial charge in [-0.05, 0) is 32.5 Å². The van der Waals surface area contributed by atoms with Crippen molar-refractivity contribution in [3.05, 3.63) is 29.6 Å². The van der Waals surface area contributed by atoms with Gasteiger partial charge in [-0.1, -0.05) is 13.0 Å². The largest absolute Gasteiger partial charge is 0.382 e. The second-order valence-electron chi connectivity index (χ2n) is 5.42. The summed E-state index contributed by atoms with van der Waals surface area (Å²) in [5.41, 5.74) is 0.740. The van der Waals surface area contributed by atoms with Crippen molar-refractivity contribution >= 4 is 11.6 Å². The molecule has 0 spiro atoms. The Morgan fingerprint density at radius 3 is 2.76 bits per heavy atom. The van der Waals surface area contributed by atoms with Crippen LogP contribution in [-0.4, -0.2) is 54.5 Å². The van der Waals surface area contributed by atoms with E-state index in [0.717, 1.165) is 13.1 Å². The number of benzene rings is 1. The smallest absolute Gasteiger partial charge is 0.256 e. The molecule has 0 aromatic heterocycles. The van der Waals surface area contributed by atoms with Gasteiger partial charge < -0.3 is 10.2 Å². The number of hydrogen-bond donors (Lipinski definition) is 1. The van der Waals surface area contributed by atoms with Gasteiger partial charge in [0.1, 0.15) is 5.82 Å². The monoisotopic (exact) mass is 293 g/mol. The minimum absolute atomic E-state index is 0.0898. The zero-order valence-electron chi connectivity index (χ0n) is 13.0. The maximum atomic E-state index is 13.9. The summed E-state index contributed by atoms with van der Waals surface area (Å²) < 4.78 is 13.9. The molecule has 1 unspecified atom stereocenters. The first kappa shape index (κ1) is 15.8. The number of nitrogens with one attached hydrogen (secondary N) is 1. The van der Waals surface area contributed by atoms with Crippen LogP contribution in [0, 0.1) is 5.82 Å². The standard InChI is InChI=1S/C16H24FN3O/c1-4-18-15-13(7-6-8-14(15)17)16(21)20-10-9-19(5-2)12(3)11-20/h6-8,12,18H,4-5,9-11H2,1-3H3. The Balaban J connectivity index is 2.19. The molecule has 21 heavy (non-hydrogen) atoms. The first-order valence-electron chi connectivity index (χ1n) is 7.64. The number of amides is 1. The van der Waals surface area contributed by atoms with Crippen LogP contribution >= 0.6 is 0 Å². The van der Waals surface area contributed by atoms with Crippen molar-refractivity contribution in [2.75, 3.05) is 38.0 Å². The summed E-state index contributed by atoms with van der Waals surface area (Å²) in [6.07, 6.45) is 0. The molecule has 1 aliphatic rings. The van der Waals surface area contributed by atoms with E-state index < -0.39 is 0 Å². The molecule has 1 fully saturated rings. The van der Waals surface area contributed by atoms with Gasteiger partial charge in [-0.25, -0.2) is 4.39 Å². The average Bonchev–Trinajstić information content (AvgIpc) is 2.48. The average molecular weight is 293 g/mol. The van der Waals surface area contributed by atoms with Gasteiger partial charge in [0.2, 0.25) is 0 Å². The number of rotatable bonds is 4. The van der Waals surface area contributed by atoms with E-state index in [-0.39, 0.29) is 11.7 Å². The maximum Gasteiger partial charge on any atom is 0.256 e. The lowest BCUT2D eigenvalue weighted by Crippen LogP contribution is -2.53. The Morgan fingerprint density at radius 2 is 2.14 bits per heavy atom. The molecule has 1 heterocycles. The third-order valence-electron chi connectivity index (χ3n) is 4.06. The first-order chi connectivity index (χ1) is 10.1. The molecule has 0 aliphatic carbocycles. The van der Waals surface area contributed by atoms with Crippen molar-refractivity contribution in [1.29, 1.82) is 0 Å². The summed E-state index contributed by atoms with van der Waals surface area (Å²) in [5, 5.41) is 2.96. The van der Waals surface area contributed by atoms with Crippen LogP contribution in [0.1, 0.15) is 31.1 Å². The molecule has 1 N–H and O–H groups in total. The fourth-order valence-corrected chi connectivity index (χ4v) is 2.88. The number of likely N-dealkylation sites (N-methyl/N-ethyl adjacent to an activating group) is 1.